The molecule has 1 aromatic heterocycles. The van der Waals surface area contributed by atoms with Crippen molar-refractivity contribution in [3.8, 4) is 5.75 Å². The lowest BCUT2D eigenvalue weighted by Crippen LogP contribution is -2.55. The molecule has 0 bridgehead atoms. The van der Waals surface area contributed by atoms with Gasteiger partial charge in [0.15, 0.2) is 5.60 Å². The molecule has 5 nitrogen and oxygen atoms in total. The number of halogens is 4. The molecule has 0 saturated carbocycles. The molecule has 0 unspecified atom stereocenters. The van der Waals surface area contributed by atoms with Gasteiger partial charge in [0, 0.05) is 22.7 Å². The number of phenolic OH excluding ortho intramolecular Hbond substituents is 1. The van der Waals surface area contributed by atoms with Crippen LogP contribution in [0.15, 0.2) is 47.3 Å². The van der Waals surface area contributed by atoms with Gasteiger partial charge in [0.1, 0.15) is 11.6 Å². The van der Waals surface area contributed by atoms with Crippen LogP contribution < -0.4 is 10.9 Å². The average molecular weight is 422 g/mol. The maximum Gasteiger partial charge on any atom is 0.419 e. The van der Waals surface area contributed by atoms with E-state index in [0.29, 0.717) is 0 Å². The van der Waals surface area contributed by atoms with Crippen molar-refractivity contribution in [2.24, 2.45) is 0 Å². The molecule has 0 saturated heterocycles. The topological polar surface area (TPSA) is 85.4 Å². The van der Waals surface area contributed by atoms with E-state index in [0.717, 1.165) is 12.1 Å². The minimum absolute atomic E-state index is 0.0298. The van der Waals surface area contributed by atoms with Gasteiger partial charge in [-0.05, 0) is 42.2 Å². The van der Waals surface area contributed by atoms with Crippen molar-refractivity contribution in [2.45, 2.75) is 37.1 Å². The molecule has 4 N–H and O–H groups in total. The summed E-state index contributed by atoms with van der Waals surface area (Å²) < 4.78 is 56.2. The second kappa shape index (κ2) is 6.73. The third-order valence-corrected chi connectivity index (χ3v) is 5.61. The van der Waals surface area contributed by atoms with Crippen LogP contribution >= 0.6 is 0 Å². The fourth-order valence-corrected chi connectivity index (χ4v) is 4.29. The number of alkyl halides is 3. The van der Waals surface area contributed by atoms with Crippen LogP contribution in [0.3, 0.4) is 0 Å². The number of aromatic amines is 1. The second-order valence-electron chi connectivity index (χ2n) is 7.62. The van der Waals surface area contributed by atoms with Crippen molar-refractivity contribution in [3.63, 3.8) is 0 Å². The molecular formula is C21H18F4N2O3. The van der Waals surface area contributed by atoms with E-state index in [4.69, 9.17) is 0 Å². The highest BCUT2D eigenvalue weighted by molar-refractivity contribution is 5.91. The number of hydrogen-bond acceptors (Lipinski definition) is 4. The van der Waals surface area contributed by atoms with Crippen LogP contribution in [0.5, 0.6) is 5.75 Å². The molecule has 1 aliphatic rings. The number of phenols is 1. The predicted molar refractivity (Wildman–Crippen MR) is 103 cm³/mol. The zero-order valence-corrected chi connectivity index (χ0v) is 15.7. The van der Waals surface area contributed by atoms with E-state index in [9.17, 15) is 32.6 Å². The molecular weight excluding hydrogens is 404 g/mol. The molecule has 30 heavy (non-hydrogen) atoms. The van der Waals surface area contributed by atoms with Gasteiger partial charge in [-0.3, -0.25) is 4.79 Å². The number of fused-ring (bicyclic) bond motifs is 2. The van der Waals surface area contributed by atoms with Crippen LogP contribution in [-0.4, -0.2) is 27.0 Å². The van der Waals surface area contributed by atoms with Crippen molar-refractivity contribution in [1.29, 1.82) is 0 Å². The molecule has 2 aromatic carbocycles. The van der Waals surface area contributed by atoms with Crippen LogP contribution in [0, 0.1) is 5.82 Å². The fourth-order valence-electron chi connectivity index (χ4n) is 4.29. The molecule has 9 heteroatoms. The summed E-state index contributed by atoms with van der Waals surface area (Å²) in [5.41, 5.74) is -3.24. The van der Waals surface area contributed by atoms with Crippen LogP contribution in [-0.2, 0) is 0 Å². The third kappa shape index (κ3) is 3.09. The Morgan fingerprint density at radius 2 is 1.93 bits per heavy atom. The molecule has 1 heterocycles. The lowest BCUT2D eigenvalue weighted by atomic mass is 9.70. The fraction of sp³-hybridized carbons (Fsp3) is 0.286. The number of anilines is 1. The number of nitrogens with one attached hydrogen (secondary N) is 2. The quantitative estimate of drug-likeness (QED) is 0.463. The van der Waals surface area contributed by atoms with Crippen molar-refractivity contribution in [2.75, 3.05) is 5.32 Å². The van der Waals surface area contributed by atoms with E-state index < -0.39 is 41.5 Å². The normalized spacial score (nSPS) is 23.9. The third-order valence-electron chi connectivity index (χ3n) is 5.61. The first-order valence-corrected chi connectivity index (χ1v) is 9.21. The Balaban J connectivity index is 1.94. The highest BCUT2D eigenvalue weighted by atomic mass is 19.4. The van der Waals surface area contributed by atoms with Gasteiger partial charge in [0.05, 0.1) is 11.6 Å². The molecule has 0 fully saturated rings. The first-order valence-electron chi connectivity index (χ1n) is 9.21. The Bertz CT molecular complexity index is 1190. The zero-order chi connectivity index (χ0) is 21.8. The number of H-pyrrole nitrogens is 1. The number of rotatable bonds is 2. The summed E-state index contributed by atoms with van der Waals surface area (Å²) in [5.74, 6) is -1.72. The average Bonchev–Trinajstić information content (AvgIpc) is 2.63. The monoisotopic (exact) mass is 422 g/mol. The predicted octanol–water partition coefficient (Wildman–Crippen LogP) is 4.33. The smallest absolute Gasteiger partial charge is 0.419 e. The summed E-state index contributed by atoms with van der Waals surface area (Å²) in [7, 11) is 0. The molecule has 3 atom stereocenters. The molecule has 0 amide bonds. The lowest BCUT2D eigenvalue weighted by Gasteiger charge is -2.45. The van der Waals surface area contributed by atoms with Crippen LogP contribution in [0.25, 0.3) is 10.9 Å². The second-order valence-corrected chi connectivity index (χ2v) is 7.62. The number of benzene rings is 2. The van der Waals surface area contributed by atoms with E-state index in [2.05, 4.69) is 10.3 Å². The largest absolute Gasteiger partial charge is 0.508 e. The number of hydrogen-bond donors (Lipinski definition) is 4. The lowest BCUT2D eigenvalue weighted by molar-refractivity contribution is -0.272. The minimum atomic E-state index is -5.00. The highest BCUT2D eigenvalue weighted by Crippen LogP contribution is 2.54. The molecule has 4 rings (SSSR count). The van der Waals surface area contributed by atoms with Crippen molar-refractivity contribution in [3.05, 3.63) is 69.8 Å². The zero-order valence-electron chi connectivity index (χ0n) is 15.7. The Kier molecular flexibility index (Phi) is 4.54. The van der Waals surface area contributed by atoms with Gasteiger partial charge in [0.25, 0.3) is 0 Å². The summed E-state index contributed by atoms with van der Waals surface area (Å²) in [6.45, 7) is 1.49. The Hall–Kier alpha value is -3.07. The number of pyridine rings is 1. The maximum atomic E-state index is 14.1. The summed E-state index contributed by atoms with van der Waals surface area (Å²) in [4.78, 5) is 14.0. The SMILES string of the molecule is C[C@@H]1C[C@](O)(C(F)(F)F)[C@@H](Nc2cc(F)cc3[nH]c(=O)ccc23)c2cccc(O)c21. The van der Waals surface area contributed by atoms with Gasteiger partial charge in [-0.15, -0.1) is 0 Å². The molecule has 0 radical (unpaired) electrons. The van der Waals surface area contributed by atoms with E-state index in [1.807, 2.05) is 0 Å². The van der Waals surface area contributed by atoms with Crippen LogP contribution in [0.1, 0.15) is 36.4 Å². The van der Waals surface area contributed by atoms with Gasteiger partial charge < -0.3 is 20.5 Å². The van der Waals surface area contributed by atoms with E-state index in [-0.39, 0.29) is 33.5 Å². The van der Waals surface area contributed by atoms with Crippen molar-refractivity contribution in [1.82, 2.24) is 4.98 Å². The van der Waals surface area contributed by atoms with Gasteiger partial charge in [-0.1, -0.05) is 19.1 Å². The molecule has 3 aromatic rings. The standard InChI is InChI=1S/C21H18F4N2O3/c1-10-9-20(30,21(23,24)25)19(13-3-2-4-16(28)18(10)13)27-15-8-11(22)7-14-12(15)5-6-17(29)26-14/h2-8,10,19,27-28,30H,9H2,1H3,(H,26,29)/t10-,19+,20-/m1/s1. The van der Waals surface area contributed by atoms with E-state index in [1.165, 1.54) is 37.3 Å². The van der Waals surface area contributed by atoms with Crippen molar-refractivity contribution < 1.29 is 27.8 Å². The molecule has 0 aliphatic heterocycles. The Morgan fingerprint density at radius 3 is 2.63 bits per heavy atom. The summed E-state index contributed by atoms with van der Waals surface area (Å²) in [6, 6.07) is 7.02. The molecule has 158 valence electrons. The number of aromatic nitrogens is 1. The maximum absolute atomic E-state index is 14.1. The van der Waals surface area contributed by atoms with Gasteiger partial charge in [-0.25, -0.2) is 4.39 Å². The number of aromatic hydroxyl groups is 1. The summed E-state index contributed by atoms with van der Waals surface area (Å²) in [6.07, 6.45) is -5.69. The van der Waals surface area contributed by atoms with Gasteiger partial charge >= 0.3 is 6.18 Å². The van der Waals surface area contributed by atoms with E-state index >= 15 is 0 Å². The Morgan fingerprint density at radius 1 is 1.20 bits per heavy atom. The Labute approximate surface area is 168 Å². The van der Waals surface area contributed by atoms with Gasteiger partial charge in [-0.2, -0.15) is 13.2 Å². The summed E-state index contributed by atoms with van der Waals surface area (Å²) >= 11 is 0. The number of aliphatic hydroxyl groups is 1. The molecule has 1 aliphatic carbocycles. The molecule has 0 spiro atoms. The van der Waals surface area contributed by atoms with Crippen molar-refractivity contribution >= 4 is 16.6 Å². The highest BCUT2D eigenvalue weighted by Gasteiger charge is 2.62. The van der Waals surface area contributed by atoms with Gasteiger partial charge in [0.2, 0.25) is 5.56 Å². The first kappa shape index (κ1) is 20.2. The first-order chi connectivity index (χ1) is 14.0. The summed E-state index contributed by atoms with van der Waals surface area (Å²) in [5, 5.41) is 24.0. The van der Waals surface area contributed by atoms with Crippen LogP contribution in [0.2, 0.25) is 0 Å². The van der Waals surface area contributed by atoms with E-state index in [1.54, 1.807) is 0 Å². The van der Waals surface area contributed by atoms with Crippen LogP contribution in [0.4, 0.5) is 23.2 Å². The minimum Gasteiger partial charge on any atom is -0.508 e.